The van der Waals surface area contributed by atoms with Gasteiger partial charge in [0.2, 0.25) is 0 Å². The lowest BCUT2D eigenvalue weighted by Crippen LogP contribution is -2.29. The zero-order valence-corrected chi connectivity index (χ0v) is 60.9. The molecule has 3 aliphatic rings. The summed E-state index contributed by atoms with van der Waals surface area (Å²) in [5, 5.41) is 34.7. The number of carbonyl (C=O) groups is 6. The smallest absolute Gasteiger partial charge is 0.255 e. The summed E-state index contributed by atoms with van der Waals surface area (Å²) >= 11 is 0. The maximum atomic E-state index is 14.5. The van der Waals surface area contributed by atoms with Crippen molar-refractivity contribution in [2.75, 3.05) is 52.3 Å². The lowest BCUT2D eigenvalue weighted by Gasteiger charge is -2.29. The summed E-state index contributed by atoms with van der Waals surface area (Å²) in [6, 6.07) is 31.1. The molecular weight excluding hydrogens is 1330 g/mol. The zero-order valence-electron chi connectivity index (χ0n) is 60.9. The van der Waals surface area contributed by atoms with E-state index in [9.17, 15) is 33.2 Å². The second kappa shape index (κ2) is 32.7. The first kappa shape index (κ1) is 73.1. The normalized spacial score (nSPS) is 13.6. The Labute approximate surface area is 609 Å². The molecular formula is C81H90FN17O6. The fourth-order valence-corrected chi connectivity index (χ4v) is 12.9. The Morgan fingerprint density at radius 3 is 1.34 bits per heavy atom. The average Bonchev–Trinajstić information content (AvgIpc) is 1.67. The van der Waals surface area contributed by atoms with Gasteiger partial charge in [-0.2, -0.15) is 15.3 Å². The van der Waals surface area contributed by atoms with Gasteiger partial charge in [0.05, 0.1) is 22.7 Å². The number of rotatable bonds is 24. The van der Waals surface area contributed by atoms with Crippen molar-refractivity contribution in [1.82, 2.24) is 59.7 Å². The van der Waals surface area contributed by atoms with Gasteiger partial charge < -0.3 is 42.1 Å². The number of carbonyl (C=O) groups excluding carboxylic acids is 6. The highest BCUT2D eigenvalue weighted by Crippen LogP contribution is 2.37. The van der Waals surface area contributed by atoms with E-state index in [1.807, 2.05) is 141 Å². The van der Waals surface area contributed by atoms with Crippen LogP contribution in [0.4, 0.5) is 50.3 Å². The number of Topliss-reactive ketones (excluding diaryl/α,β-unsaturated/α-hetero) is 2. The molecule has 0 bridgehead atoms. The summed E-state index contributed by atoms with van der Waals surface area (Å²) < 4.78 is 19.5. The predicted molar refractivity (Wildman–Crippen MR) is 408 cm³/mol. The van der Waals surface area contributed by atoms with Crippen LogP contribution in [0.2, 0.25) is 0 Å². The van der Waals surface area contributed by atoms with E-state index >= 15 is 0 Å². The summed E-state index contributed by atoms with van der Waals surface area (Å²) in [6.45, 7) is 20.5. The highest BCUT2D eigenvalue weighted by molar-refractivity contribution is 6.06. The Morgan fingerprint density at radius 1 is 0.495 bits per heavy atom. The fourth-order valence-electron chi connectivity index (χ4n) is 12.9. The summed E-state index contributed by atoms with van der Waals surface area (Å²) in [6.07, 6.45) is 20.4. The number of fused-ring (bicyclic) bond motifs is 3. The van der Waals surface area contributed by atoms with Crippen LogP contribution < -0.4 is 42.1 Å². The molecule has 1 saturated heterocycles. The van der Waals surface area contributed by atoms with E-state index < -0.39 is 5.82 Å². The van der Waals surface area contributed by atoms with Gasteiger partial charge >= 0.3 is 0 Å². The van der Waals surface area contributed by atoms with Crippen LogP contribution in [0.25, 0.3) is 16.6 Å². The van der Waals surface area contributed by atoms with Gasteiger partial charge in [-0.15, -0.1) is 0 Å². The molecule has 7 N–H and O–H groups in total. The minimum Gasteiger partial charge on any atom is -0.371 e. The Hall–Kier alpha value is -11.7. The SMILES string of the molecule is CCCNC(=O)c1cn2ncnc(Nc3cc(C(=O)CC4CC4)ccc3C)c2c1C.CCCNC(=O)c1cn2ncnc(Nc3cc(C(=O)CC4CC4)ccc3C)c2c1C.Cc1ccc(C(=O)Nc2cc(F)cc(N3CCCCC3)c2)cc1Nc1ncnn2cc(C(=O)NC(C)c3ccccc3)c(C)c12. The van der Waals surface area contributed by atoms with Gasteiger partial charge in [0.1, 0.15) is 41.3 Å². The third kappa shape index (κ3) is 17.5. The number of benzene rings is 5. The quantitative estimate of drug-likeness (QED) is 0.0277. The van der Waals surface area contributed by atoms with Crippen LogP contribution in [0.3, 0.4) is 0 Å². The van der Waals surface area contributed by atoms with E-state index in [4.69, 9.17) is 0 Å². The standard InChI is InChI=1S/C35H36FN7O2.2C23H27N5O2/c1-22-12-13-26(34(44)40-28-17-27(36)18-29(19-28)42-14-8-5-9-15-42)16-31(22)41-33-32-23(2)30(20-43(32)38-21-37-33)35(45)39-24(3)25-10-6-4-7-11-25;2*1-4-9-24-23(30)18-12-28-21(15(18)3)22(25-13-26-28)27-19-11-17(8-5-14(19)2)20(29)10-16-6-7-16/h4,6-7,10-13,16-21,24H,5,8-9,14-15H2,1-3H3,(H,39,45)(H,40,44)(H,37,38,41);2*5,8,11-13,16H,4,6-7,9-10H2,1-3H3,(H,24,30)(H,25,26,27). The number of ketones is 2. The number of anilines is 8. The molecule has 5 aromatic carbocycles. The van der Waals surface area contributed by atoms with Crippen LogP contribution in [-0.4, -0.2) is 105 Å². The highest BCUT2D eigenvalue weighted by Gasteiger charge is 2.28. The second-order valence-electron chi connectivity index (χ2n) is 27.6. The van der Waals surface area contributed by atoms with Crippen LogP contribution in [0.1, 0.15) is 199 Å². The summed E-state index contributed by atoms with van der Waals surface area (Å²) in [5.41, 5.74) is 15.4. The molecule has 0 spiro atoms. The molecule has 0 radical (unpaired) electrons. The lowest BCUT2D eigenvalue weighted by atomic mass is 10.0. The van der Waals surface area contributed by atoms with Gasteiger partial charge in [-0.3, -0.25) is 28.8 Å². The molecule has 23 nitrogen and oxygen atoms in total. The molecule has 14 rings (SSSR count). The van der Waals surface area contributed by atoms with E-state index in [1.54, 1.807) is 44.3 Å². The van der Waals surface area contributed by atoms with Crippen molar-refractivity contribution < 1.29 is 33.2 Å². The number of piperidine rings is 1. The van der Waals surface area contributed by atoms with Crippen molar-refractivity contribution >= 4 is 97.6 Å². The van der Waals surface area contributed by atoms with Crippen LogP contribution in [0.15, 0.2) is 141 Å². The van der Waals surface area contributed by atoms with Gasteiger partial charge in [0, 0.05) is 103 Å². The van der Waals surface area contributed by atoms with E-state index in [2.05, 4.69) is 72.4 Å². The van der Waals surface area contributed by atoms with Gasteiger partial charge in [-0.05, 0) is 199 Å². The summed E-state index contributed by atoms with van der Waals surface area (Å²) in [5.74, 6) is 1.98. The lowest BCUT2D eigenvalue weighted by molar-refractivity contribution is 0.0933. The van der Waals surface area contributed by atoms with Gasteiger partial charge in [0.15, 0.2) is 29.0 Å². The molecule has 542 valence electrons. The Bertz CT molecular complexity index is 4890. The van der Waals surface area contributed by atoms with Crippen LogP contribution in [-0.2, 0) is 0 Å². The van der Waals surface area contributed by atoms with E-state index in [0.29, 0.717) is 105 Å². The zero-order chi connectivity index (χ0) is 74.0. The van der Waals surface area contributed by atoms with Crippen LogP contribution >= 0.6 is 0 Å². The number of halogens is 1. The predicted octanol–water partition coefficient (Wildman–Crippen LogP) is 15.4. The Balaban J connectivity index is 0.000000153. The summed E-state index contributed by atoms with van der Waals surface area (Å²) in [7, 11) is 0. The third-order valence-corrected chi connectivity index (χ3v) is 19.5. The van der Waals surface area contributed by atoms with Crippen molar-refractivity contribution in [3.63, 3.8) is 0 Å². The largest absolute Gasteiger partial charge is 0.371 e. The maximum absolute atomic E-state index is 14.5. The highest BCUT2D eigenvalue weighted by atomic mass is 19.1. The van der Waals surface area contributed by atoms with Crippen molar-refractivity contribution in [2.45, 2.75) is 139 Å². The van der Waals surface area contributed by atoms with Crippen molar-refractivity contribution in [3.8, 4) is 0 Å². The van der Waals surface area contributed by atoms with Crippen molar-refractivity contribution in [3.05, 3.63) is 219 Å². The molecule has 1 atom stereocenters. The fraction of sp³-hybridized carbons (Fsp3) is 0.333. The first-order valence-corrected chi connectivity index (χ1v) is 36.2. The first-order chi connectivity index (χ1) is 50.7. The second-order valence-corrected chi connectivity index (χ2v) is 27.6. The topological polar surface area (TPSA) is 280 Å². The molecule has 1 unspecified atom stereocenters. The van der Waals surface area contributed by atoms with Gasteiger partial charge in [-0.25, -0.2) is 32.9 Å². The van der Waals surface area contributed by atoms with Crippen molar-refractivity contribution in [1.29, 1.82) is 0 Å². The average molecular weight is 1420 g/mol. The Morgan fingerprint density at radius 2 is 0.914 bits per heavy atom. The molecule has 3 fully saturated rings. The Kier molecular flexibility index (Phi) is 22.8. The van der Waals surface area contributed by atoms with Gasteiger partial charge in [-0.1, -0.05) is 74.5 Å². The molecule has 2 aliphatic carbocycles. The van der Waals surface area contributed by atoms with Gasteiger partial charge in [0.25, 0.3) is 23.6 Å². The summed E-state index contributed by atoms with van der Waals surface area (Å²) in [4.78, 5) is 92.1. The molecule has 7 heterocycles. The molecule has 105 heavy (non-hydrogen) atoms. The number of aromatic nitrogens is 9. The number of hydrogen-bond donors (Lipinski definition) is 7. The van der Waals surface area contributed by atoms with Crippen LogP contribution in [0, 0.1) is 59.2 Å². The third-order valence-electron chi connectivity index (χ3n) is 19.5. The number of nitrogens with one attached hydrogen (secondary N) is 7. The number of amides is 4. The van der Waals surface area contributed by atoms with Crippen molar-refractivity contribution in [2.24, 2.45) is 11.8 Å². The molecule has 11 aromatic rings. The number of nitrogens with zero attached hydrogens (tertiary/aromatic N) is 10. The number of aryl methyl sites for hydroxylation is 6. The monoisotopic (exact) mass is 1420 g/mol. The molecule has 2 saturated carbocycles. The van der Waals surface area contributed by atoms with Crippen LogP contribution in [0.5, 0.6) is 0 Å². The maximum Gasteiger partial charge on any atom is 0.255 e. The molecule has 24 heteroatoms. The minimum absolute atomic E-state index is 0.116. The van der Waals surface area contributed by atoms with E-state index in [1.165, 1.54) is 37.5 Å². The first-order valence-electron chi connectivity index (χ1n) is 36.2. The number of hydrogen-bond acceptors (Lipinski definition) is 16. The van der Waals surface area contributed by atoms with E-state index in [0.717, 1.165) is 131 Å². The molecule has 4 amide bonds. The molecule has 6 aromatic heterocycles. The van der Waals surface area contributed by atoms with E-state index in [-0.39, 0.29) is 41.2 Å². The molecule has 1 aliphatic heterocycles. The minimum atomic E-state index is -0.391.